The molecule has 86 valence electrons. The molecule has 0 radical (unpaired) electrons. The van der Waals surface area contributed by atoms with Gasteiger partial charge in [-0.25, -0.2) is 0 Å². The van der Waals surface area contributed by atoms with Crippen LogP contribution in [-0.2, 0) is 0 Å². The van der Waals surface area contributed by atoms with Crippen LogP contribution in [0, 0.1) is 11.8 Å². The molecule has 2 heteroatoms. The summed E-state index contributed by atoms with van der Waals surface area (Å²) in [6.45, 7) is 1.00. The highest BCUT2D eigenvalue weighted by molar-refractivity contribution is 5.40. The number of aliphatic hydroxyl groups excluding tert-OH is 1. The second-order valence-corrected chi connectivity index (χ2v) is 5.18. The average molecular weight is 217 g/mol. The molecule has 0 spiro atoms. The predicted octanol–water partition coefficient (Wildman–Crippen LogP) is 2.09. The molecule has 3 aliphatic rings. The summed E-state index contributed by atoms with van der Waals surface area (Å²) >= 11 is 0. The summed E-state index contributed by atoms with van der Waals surface area (Å²) in [5, 5.41) is 10.1. The first-order valence-corrected chi connectivity index (χ1v) is 6.22. The molecule has 2 aliphatic carbocycles. The van der Waals surface area contributed by atoms with Crippen LogP contribution in [0.15, 0.2) is 35.5 Å². The lowest BCUT2D eigenvalue weighted by atomic mass is 9.76. The van der Waals surface area contributed by atoms with E-state index < -0.39 is 0 Å². The Hall–Kier alpha value is -0.860. The minimum atomic E-state index is -0.236. The van der Waals surface area contributed by atoms with Crippen LogP contribution in [0.2, 0.25) is 0 Å². The first kappa shape index (κ1) is 10.3. The SMILES string of the molecule is CN1CC2C3=C(C=CCC=C3)CCC2[C@@H]1O. The van der Waals surface area contributed by atoms with Crippen LogP contribution in [0.25, 0.3) is 0 Å². The van der Waals surface area contributed by atoms with E-state index in [0.29, 0.717) is 11.8 Å². The van der Waals surface area contributed by atoms with Crippen LogP contribution in [-0.4, -0.2) is 29.8 Å². The Bertz CT molecular complexity index is 380. The van der Waals surface area contributed by atoms with Crippen molar-refractivity contribution in [2.75, 3.05) is 13.6 Å². The molecule has 0 aromatic rings. The zero-order chi connectivity index (χ0) is 11.1. The number of hydrogen-bond acceptors (Lipinski definition) is 2. The summed E-state index contributed by atoms with van der Waals surface area (Å²) in [7, 11) is 2.03. The molecule has 0 aromatic carbocycles. The van der Waals surface area contributed by atoms with Gasteiger partial charge in [-0.05, 0) is 37.5 Å². The van der Waals surface area contributed by atoms with Gasteiger partial charge >= 0.3 is 0 Å². The van der Waals surface area contributed by atoms with Gasteiger partial charge in [0.1, 0.15) is 6.23 Å². The van der Waals surface area contributed by atoms with Crippen LogP contribution < -0.4 is 0 Å². The second kappa shape index (κ2) is 3.86. The number of hydrogen-bond donors (Lipinski definition) is 1. The van der Waals surface area contributed by atoms with Gasteiger partial charge in [-0.15, -0.1) is 0 Å². The van der Waals surface area contributed by atoms with E-state index in [1.165, 1.54) is 11.1 Å². The normalized spacial score (nSPS) is 38.5. The van der Waals surface area contributed by atoms with Crippen molar-refractivity contribution in [2.24, 2.45) is 11.8 Å². The fraction of sp³-hybridized carbons (Fsp3) is 0.571. The Labute approximate surface area is 97.0 Å². The molecule has 16 heavy (non-hydrogen) atoms. The standard InChI is InChI=1S/C14H19NO/c1-15-9-13-11-6-4-2-3-5-10(11)7-8-12(13)14(15)16/h3-6,12-14,16H,2,7-9H2,1H3/t12?,13?,14-/m0/s1. The molecule has 3 atom stereocenters. The molecule has 1 aliphatic heterocycles. The smallest absolute Gasteiger partial charge is 0.110 e. The van der Waals surface area contributed by atoms with E-state index in [0.717, 1.165) is 25.8 Å². The molecule has 0 aromatic heterocycles. The van der Waals surface area contributed by atoms with Crippen LogP contribution in [0.4, 0.5) is 0 Å². The Morgan fingerprint density at radius 1 is 1.31 bits per heavy atom. The topological polar surface area (TPSA) is 23.5 Å². The fourth-order valence-electron chi connectivity index (χ4n) is 3.37. The van der Waals surface area contributed by atoms with Gasteiger partial charge in [0.2, 0.25) is 0 Å². The van der Waals surface area contributed by atoms with Gasteiger partial charge in [0.05, 0.1) is 0 Å². The Kier molecular flexibility index (Phi) is 2.49. The van der Waals surface area contributed by atoms with E-state index in [-0.39, 0.29) is 6.23 Å². The largest absolute Gasteiger partial charge is 0.378 e. The maximum Gasteiger partial charge on any atom is 0.110 e. The molecule has 0 bridgehead atoms. The number of fused-ring (bicyclic) bond motifs is 2. The molecule has 0 saturated carbocycles. The molecule has 1 heterocycles. The summed E-state index contributed by atoms with van der Waals surface area (Å²) in [6.07, 6.45) is 12.1. The fourth-order valence-corrected chi connectivity index (χ4v) is 3.37. The number of nitrogens with zero attached hydrogens (tertiary/aromatic N) is 1. The number of allylic oxidation sites excluding steroid dienone is 5. The van der Waals surface area contributed by atoms with E-state index in [2.05, 4.69) is 29.2 Å². The lowest BCUT2D eigenvalue weighted by Crippen LogP contribution is -2.29. The van der Waals surface area contributed by atoms with E-state index in [1.807, 2.05) is 7.05 Å². The van der Waals surface area contributed by atoms with E-state index >= 15 is 0 Å². The number of rotatable bonds is 0. The van der Waals surface area contributed by atoms with Gasteiger partial charge in [-0.1, -0.05) is 24.3 Å². The third-order valence-electron chi connectivity index (χ3n) is 4.24. The van der Waals surface area contributed by atoms with Crippen molar-refractivity contribution in [1.29, 1.82) is 0 Å². The Morgan fingerprint density at radius 3 is 3.00 bits per heavy atom. The number of likely N-dealkylation sites (tertiary alicyclic amines) is 1. The highest BCUT2D eigenvalue weighted by atomic mass is 16.3. The lowest BCUT2D eigenvalue weighted by Gasteiger charge is -2.29. The molecule has 0 amide bonds. The maximum atomic E-state index is 10.1. The summed E-state index contributed by atoms with van der Waals surface area (Å²) in [5.41, 5.74) is 2.98. The monoisotopic (exact) mass is 217 g/mol. The summed E-state index contributed by atoms with van der Waals surface area (Å²) in [6, 6.07) is 0. The quantitative estimate of drug-likeness (QED) is 0.671. The van der Waals surface area contributed by atoms with Crippen LogP contribution in [0.3, 0.4) is 0 Å². The van der Waals surface area contributed by atoms with Crippen molar-refractivity contribution in [3.8, 4) is 0 Å². The van der Waals surface area contributed by atoms with Crippen molar-refractivity contribution in [3.05, 3.63) is 35.5 Å². The highest BCUT2D eigenvalue weighted by Crippen LogP contribution is 2.43. The van der Waals surface area contributed by atoms with E-state index in [1.54, 1.807) is 0 Å². The van der Waals surface area contributed by atoms with Crippen LogP contribution in [0.5, 0.6) is 0 Å². The van der Waals surface area contributed by atoms with Crippen LogP contribution >= 0.6 is 0 Å². The van der Waals surface area contributed by atoms with Crippen molar-refractivity contribution in [3.63, 3.8) is 0 Å². The molecule has 2 unspecified atom stereocenters. The molecular formula is C14H19NO. The lowest BCUT2D eigenvalue weighted by molar-refractivity contribution is 0.0184. The van der Waals surface area contributed by atoms with E-state index in [4.69, 9.17) is 0 Å². The molecular weight excluding hydrogens is 198 g/mol. The summed E-state index contributed by atoms with van der Waals surface area (Å²) in [5.74, 6) is 0.989. The van der Waals surface area contributed by atoms with Gasteiger partial charge in [-0.3, -0.25) is 4.90 Å². The third kappa shape index (κ3) is 1.48. The maximum absolute atomic E-state index is 10.1. The number of aliphatic hydroxyl groups is 1. The van der Waals surface area contributed by atoms with Gasteiger partial charge in [-0.2, -0.15) is 0 Å². The van der Waals surface area contributed by atoms with Crippen molar-refractivity contribution in [1.82, 2.24) is 4.90 Å². The van der Waals surface area contributed by atoms with Gasteiger partial charge < -0.3 is 5.11 Å². The van der Waals surface area contributed by atoms with Crippen molar-refractivity contribution < 1.29 is 5.11 Å². The van der Waals surface area contributed by atoms with Crippen LogP contribution in [0.1, 0.15) is 19.3 Å². The van der Waals surface area contributed by atoms with Gasteiger partial charge in [0, 0.05) is 18.4 Å². The summed E-state index contributed by atoms with van der Waals surface area (Å²) < 4.78 is 0. The second-order valence-electron chi connectivity index (χ2n) is 5.18. The first-order chi connectivity index (χ1) is 7.77. The minimum Gasteiger partial charge on any atom is -0.378 e. The first-order valence-electron chi connectivity index (χ1n) is 6.22. The molecule has 1 N–H and O–H groups in total. The minimum absolute atomic E-state index is 0.236. The van der Waals surface area contributed by atoms with Crippen molar-refractivity contribution >= 4 is 0 Å². The average Bonchev–Trinajstić information content (AvgIpc) is 2.51. The molecule has 3 rings (SSSR count). The van der Waals surface area contributed by atoms with Gasteiger partial charge in [0.25, 0.3) is 0 Å². The highest BCUT2D eigenvalue weighted by Gasteiger charge is 2.42. The van der Waals surface area contributed by atoms with E-state index in [9.17, 15) is 5.11 Å². The van der Waals surface area contributed by atoms with Crippen molar-refractivity contribution in [2.45, 2.75) is 25.5 Å². The molecule has 1 fully saturated rings. The molecule has 1 saturated heterocycles. The third-order valence-corrected chi connectivity index (χ3v) is 4.24. The molecule has 2 nitrogen and oxygen atoms in total. The zero-order valence-electron chi connectivity index (χ0n) is 9.76. The Balaban J connectivity index is 1.98. The predicted molar refractivity (Wildman–Crippen MR) is 64.8 cm³/mol. The zero-order valence-corrected chi connectivity index (χ0v) is 9.76. The Morgan fingerprint density at radius 2 is 2.12 bits per heavy atom. The van der Waals surface area contributed by atoms with Gasteiger partial charge in [0.15, 0.2) is 0 Å². The summed E-state index contributed by atoms with van der Waals surface area (Å²) in [4.78, 5) is 2.09.